The van der Waals surface area contributed by atoms with E-state index in [1.54, 1.807) is 49.6 Å². The summed E-state index contributed by atoms with van der Waals surface area (Å²) in [7, 11) is 1.54. The Morgan fingerprint density at radius 1 is 1.00 bits per heavy atom. The number of nitrogens with one attached hydrogen (secondary N) is 1. The van der Waals surface area contributed by atoms with E-state index < -0.39 is 12.2 Å². The molecule has 2 aromatic carbocycles. The number of hydrogen-bond acceptors (Lipinski definition) is 5. The number of ether oxygens (including phenoxy) is 2. The summed E-state index contributed by atoms with van der Waals surface area (Å²) < 4.78 is 37.3. The number of benzene rings is 2. The average Bonchev–Trinajstić information content (AvgIpc) is 2.62. The molecule has 1 aromatic heterocycles. The predicted molar refractivity (Wildman–Crippen MR) is 96.5 cm³/mol. The molecule has 1 heterocycles. The van der Waals surface area contributed by atoms with Crippen LogP contribution in [-0.4, -0.2) is 23.2 Å². The lowest BCUT2D eigenvalue weighted by atomic mass is 10.2. The molecular formula is C19H19F2N3O2. The van der Waals surface area contributed by atoms with Crippen molar-refractivity contribution >= 4 is 22.4 Å². The van der Waals surface area contributed by atoms with E-state index in [2.05, 4.69) is 15.3 Å². The molecule has 0 radical (unpaired) electrons. The van der Waals surface area contributed by atoms with Gasteiger partial charge >= 0.3 is 0 Å². The van der Waals surface area contributed by atoms with E-state index in [1.807, 2.05) is 13.8 Å². The Labute approximate surface area is 150 Å². The number of nitrogens with zero attached hydrogens (tertiary/aromatic N) is 2. The van der Waals surface area contributed by atoms with Crippen LogP contribution in [0.1, 0.15) is 26.1 Å². The van der Waals surface area contributed by atoms with Gasteiger partial charge in [-0.15, -0.1) is 0 Å². The molecule has 0 fully saturated rings. The topological polar surface area (TPSA) is 56.3 Å². The zero-order chi connectivity index (χ0) is 18.7. The summed E-state index contributed by atoms with van der Waals surface area (Å²) in [4.78, 5) is 7.89. The van der Waals surface area contributed by atoms with Gasteiger partial charge in [0.2, 0.25) is 0 Å². The fourth-order valence-electron chi connectivity index (χ4n) is 2.52. The van der Waals surface area contributed by atoms with Crippen molar-refractivity contribution in [2.24, 2.45) is 0 Å². The van der Waals surface area contributed by atoms with Crippen LogP contribution in [0, 0.1) is 0 Å². The summed E-state index contributed by atoms with van der Waals surface area (Å²) in [5.74, 6) is 0.938. The molecule has 1 N–H and O–H groups in total. The monoisotopic (exact) mass is 359 g/mol. The minimum atomic E-state index is -2.75. The molecule has 3 rings (SSSR count). The van der Waals surface area contributed by atoms with Crippen molar-refractivity contribution < 1.29 is 18.3 Å². The van der Waals surface area contributed by atoms with Gasteiger partial charge < -0.3 is 14.8 Å². The second-order valence-electron chi connectivity index (χ2n) is 5.91. The maximum absolute atomic E-state index is 13.1. The highest BCUT2D eigenvalue weighted by Gasteiger charge is 2.16. The van der Waals surface area contributed by atoms with Crippen molar-refractivity contribution in [3.8, 4) is 11.5 Å². The standard InChI is InChI=1S/C19H19F2N3O2/c1-11(2)26-15-9-8-12(10-16(15)25-3)22-18-13-6-4-5-7-14(13)23-19(24-18)17(20)21/h4-11,17H,1-3H3,(H,22,23,24). The molecule has 0 aliphatic carbocycles. The summed E-state index contributed by atoms with van der Waals surface area (Å²) in [6.45, 7) is 3.84. The van der Waals surface area contributed by atoms with Crippen LogP contribution in [0.5, 0.6) is 11.5 Å². The van der Waals surface area contributed by atoms with Gasteiger partial charge in [-0.25, -0.2) is 18.7 Å². The maximum Gasteiger partial charge on any atom is 0.297 e. The van der Waals surface area contributed by atoms with E-state index in [0.717, 1.165) is 0 Å². The van der Waals surface area contributed by atoms with Crippen LogP contribution in [0.4, 0.5) is 20.3 Å². The molecule has 0 atom stereocenters. The van der Waals surface area contributed by atoms with Gasteiger partial charge in [-0.05, 0) is 38.1 Å². The molecule has 0 unspecified atom stereocenters. The predicted octanol–water partition coefficient (Wildman–Crippen LogP) is 5.11. The van der Waals surface area contributed by atoms with Gasteiger partial charge in [0, 0.05) is 17.1 Å². The van der Waals surface area contributed by atoms with Crippen molar-refractivity contribution in [3.05, 3.63) is 48.3 Å². The number of alkyl halides is 2. The molecule has 0 spiro atoms. The van der Waals surface area contributed by atoms with Gasteiger partial charge in [0.15, 0.2) is 17.3 Å². The van der Waals surface area contributed by atoms with Crippen molar-refractivity contribution in [1.82, 2.24) is 9.97 Å². The summed E-state index contributed by atoms with van der Waals surface area (Å²) in [5.41, 5.74) is 1.09. The zero-order valence-electron chi connectivity index (χ0n) is 14.7. The molecule has 5 nitrogen and oxygen atoms in total. The molecule has 0 saturated heterocycles. The first-order valence-electron chi connectivity index (χ1n) is 8.14. The number of methoxy groups -OCH3 is 1. The minimum absolute atomic E-state index is 0.00196. The van der Waals surface area contributed by atoms with Crippen LogP contribution >= 0.6 is 0 Å². The van der Waals surface area contributed by atoms with Crippen molar-refractivity contribution in [1.29, 1.82) is 0 Å². The number of aromatic nitrogens is 2. The number of fused-ring (bicyclic) bond motifs is 1. The van der Waals surface area contributed by atoms with Crippen LogP contribution in [-0.2, 0) is 0 Å². The second kappa shape index (κ2) is 7.51. The van der Waals surface area contributed by atoms with Gasteiger partial charge in [0.1, 0.15) is 5.82 Å². The van der Waals surface area contributed by atoms with Gasteiger partial charge in [-0.1, -0.05) is 12.1 Å². The Balaban J connectivity index is 2.00. The molecular weight excluding hydrogens is 340 g/mol. The lowest BCUT2D eigenvalue weighted by Gasteiger charge is -2.15. The highest BCUT2D eigenvalue weighted by atomic mass is 19.3. The van der Waals surface area contributed by atoms with Crippen LogP contribution in [0.2, 0.25) is 0 Å². The summed E-state index contributed by atoms with van der Waals surface area (Å²) in [5, 5.41) is 3.73. The minimum Gasteiger partial charge on any atom is -0.493 e. The Hall–Kier alpha value is -2.96. The summed E-state index contributed by atoms with van der Waals surface area (Å²) in [6, 6.07) is 12.3. The number of para-hydroxylation sites is 1. The molecule has 0 aliphatic heterocycles. The molecule has 136 valence electrons. The molecule has 7 heteroatoms. The van der Waals surface area contributed by atoms with Gasteiger partial charge in [0.25, 0.3) is 6.43 Å². The van der Waals surface area contributed by atoms with Crippen LogP contribution in [0.15, 0.2) is 42.5 Å². The highest BCUT2D eigenvalue weighted by molar-refractivity contribution is 5.90. The van der Waals surface area contributed by atoms with E-state index in [4.69, 9.17) is 9.47 Å². The van der Waals surface area contributed by atoms with E-state index in [1.165, 1.54) is 0 Å². The smallest absolute Gasteiger partial charge is 0.297 e. The molecule has 0 aliphatic rings. The number of rotatable bonds is 6. The third-order valence-electron chi connectivity index (χ3n) is 3.60. The fraction of sp³-hybridized carbons (Fsp3) is 0.263. The molecule has 3 aromatic rings. The lowest BCUT2D eigenvalue weighted by molar-refractivity contribution is 0.141. The Kier molecular flexibility index (Phi) is 5.16. The molecule has 26 heavy (non-hydrogen) atoms. The number of anilines is 2. The Morgan fingerprint density at radius 3 is 2.46 bits per heavy atom. The van der Waals surface area contributed by atoms with Gasteiger partial charge in [-0.2, -0.15) is 0 Å². The number of halogens is 2. The SMILES string of the molecule is COc1cc(Nc2nc(C(F)F)nc3ccccc23)ccc1OC(C)C. The second-order valence-corrected chi connectivity index (χ2v) is 5.91. The van der Waals surface area contributed by atoms with E-state index in [0.29, 0.717) is 33.9 Å². The average molecular weight is 359 g/mol. The number of hydrogen-bond donors (Lipinski definition) is 1. The molecule has 0 saturated carbocycles. The molecule has 0 amide bonds. The van der Waals surface area contributed by atoms with Crippen molar-refractivity contribution in [2.45, 2.75) is 26.4 Å². The quantitative estimate of drug-likeness (QED) is 0.663. The zero-order valence-corrected chi connectivity index (χ0v) is 14.7. The Bertz CT molecular complexity index is 916. The van der Waals surface area contributed by atoms with Crippen LogP contribution in [0.3, 0.4) is 0 Å². The first kappa shape index (κ1) is 17.8. The first-order chi connectivity index (χ1) is 12.5. The highest BCUT2D eigenvalue weighted by Crippen LogP contribution is 2.33. The lowest BCUT2D eigenvalue weighted by Crippen LogP contribution is -2.07. The molecule has 0 bridgehead atoms. The normalized spacial score (nSPS) is 11.2. The third-order valence-corrected chi connectivity index (χ3v) is 3.60. The largest absolute Gasteiger partial charge is 0.493 e. The van der Waals surface area contributed by atoms with E-state index >= 15 is 0 Å². The first-order valence-corrected chi connectivity index (χ1v) is 8.14. The van der Waals surface area contributed by atoms with Crippen molar-refractivity contribution in [2.75, 3.05) is 12.4 Å². The van der Waals surface area contributed by atoms with E-state index in [-0.39, 0.29) is 6.10 Å². The van der Waals surface area contributed by atoms with Gasteiger partial charge in [0.05, 0.1) is 18.7 Å². The van der Waals surface area contributed by atoms with E-state index in [9.17, 15) is 8.78 Å². The fourth-order valence-corrected chi connectivity index (χ4v) is 2.52. The third kappa shape index (κ3) is 3.82. The van der Waals surface area contributed by atoms with Crippen molar-refractivity contribution in [3.63, 3.8) is 0 Å². The van der Waals surface area contributed by atoms with Crippen LogP contribution < -0.4 is 14.8 Å². The summed E-state index contributed by atoms with van der Waals surface area (Å²) >= 11 is 0. The van der Waals surface area contributed by atoms with Gasteiger partial charge in [-0.3, -0.25) is 0 Å². The van der Waals surface area contributed by atoms with Crippen LogP contribution in [0.25, 0.3) is 10.9 Å². The summed E-state index contributed by atoms with van der Waals surface area (Å²) in [6.07, 6.45) is -2.75. The Morgan fingerprint density at radius 2 is 1.77 bits per heavy atom. The maximum atomic E-state index is 13.1.